The summed E-state index contributed by atoms with van der Waals surface area (Å²) >= 11 is 1.88. The Bertz CT molecular complexity index is 436. The van der Waals surface area contributed by atoms with Gasteiger partial charge in [-0.2, -0.15) is 11.8 Å². The average Bonchev–Trinajstić information content (AvgIpc) is 2.50. The lowest BCUT2D eigenvalue weighted by Gasteiger charge is -2.25. The highest BCUT2D eigenvalue weighted by Crippen LogP contribution is 2.16. The van der Waals surface area contributed by atoms with E-state index in [9.17, 15) is 4.79 Å². The highest BCUT2D eigenvalue weighted by Gasteiger charge is 2.23. The van der Waals surface area contributed by atoms with Crippen LogP contribution >= 0.6 is 11.8 Å². The molecule has 0 radical (unpaired) electrons. The molecular weight excluding hydrogens is 268 g/mol. The van der Waals surface area contributed by atoms with Crippen molar-refractivity contribution in [3.8, 4) is 0 Å². The number of fused-ring (bicyclic) bond motifs is 1. The van der Waals surface area contributed by atoms with E-state index < -0.39 is 0 Å². The van der Waals surface area contributed by atoms with E-state index in [4.69, 9.17) is 0 Å². The van der Waals surface area contributed by atoms with Crippen LogP contribution in [0.4, 0.5) is 0 Å². The Morgan fingerprint density at radius 3 is 2.90 bits per heavy atom. The summed E-state index contributed by atoms with van der Waals surface area (Å²) in [6.07, 6.45) is 6.45. The van der Waals surface area contributed by atoms with Crippen molar-refractivity contribution >= 4 is 17.7 Å². The van der Waals surface area contributed by atoms with Gasteiger partial charge in [0.15, 0.2) is 0 Å². The van der Waals surface area contributed by atoms with Crippen molar-refractivity contribution in [3.05, 3.63) is 35.4 Å². The lowest BCUT2D eigenvalue weighted by molar-refractivity contribution is -0.123. The molecule has 110 valence electrons. The first-order chi connectivity index (χ1) is 9.81. The van der Waals surface area contributed by atoms with Crippen molar-refractivity contribution in [2.45, 2.75) is 38.3 Å². The molecule has 0 saturated carbocycles. The molecule has 1 unspecified atom stereocenters. The summed E-state index contributed by atoms with van der Waals surface area (Å²) in [6, 6.07) is 8.28. The topological polar surface area (TPSA) is 41.1 Å². The fourth-order valence-corrected chi connectivity index (χ4v) is 3.02. The van der Waals surface area contributed by atoms with Crippen molar-refractivity contribution in [1.29, 1.82) is 0 Å². The van der Waals surface area contributed by atoms with Crippen LogP contribution in [0, 0.1) is 0 Å². The van der Waals surface area contributed by atoms with Crippen LogP contribution in [0.25, 0.3) is 0 Å². The van der Waals surface area contributed by atoms with Gasteiger partial charge in [-0.3, -0.25) is 4.79 Å². The molecule has 0 saturated heterocycles. The lowest BCUT2D eigenvalue weighted by atomic mass is 9.95. The highest BCUT2D eigenvalue weighted by atomic mass is 32.2. The van der Waals surface area contributed by atoms with Crippen LogP contribution in [0.15, 0.2) is 24.3 Å². The smallest absolute Gasteiger partial charge is 0.237 e. The van der Waals surface area contributed by atoms with E-state index in [0.29, 0.717) is 0 Å². The second-order valence-corrected chi connectivity index (χ2v) is 6.24. The fourth-order valence-electron chi connectivity index (χ4n) is 2.52. The summed E-state index contributed by atoms with van der Waals surface area (Å²) in [4.78, 5) is 12.1. The molecule has 1 aliphatic heterocycles. The van der Waals surface area contributed by atoms with E-state index in [1.54, 1.807) is 0 Å². The van der Waals surface area contributed by atoms with Crippen molar-refractivity contribution in [3.63, 3.8) is 0 Å². The van der Waals surface area contributed by atoms with E-state index in [1.807, 2.05) is 17.8 Å². The first-order valence-electron chi connectivity index (χ1n) is 7.38. The number of nitrogens with one attached hydrogen (secondary N) is 2. The number of thioether (sulfide) groups is 1. The van der Waals surface area contributed by atoms with Gasteiger partial charge in [0, 0.05) is 13.1 Å². The number of hydrogen-bond donors (Lipinski definition) is 2. The van der Waals surface area contributed by atoms with Crippen LogP contribution in [0.2, 0.25) is 0 Å². The standard InChI is InChI=1S/C16H24N2OS/c1-20-10-6-2-5-9-17-16(19)15-11-13-7-3-4-8-14(13)12-18-15/h3-4,7-8,15,18H,2,5-6,9-12H2,1H3,(H,17,19). The summed E-state index contributed by atoms with van der Waals surface area (Å²) in [7, 11) is 0. The Hall–Kier alpha value is -1.00. The van der Waals surface area contributed by atoms with E-state index in [2.05, 4.69) is 35.1 Å². The van der Waals surface area contributed by atoms with Crippen LogP contribution < -0.4 is 10.6 Å². The summed E-state index contributed by atoms with van der Waals surface area (Å²) in [6.45, 7) is 1.59. The molecule has 20 heavy (non-hydrogen) atoms. The van der Waals surface area contributed by atoms with Gasteiger partial charge in [0.2, 0.25) is 5.91 Å². The van der Waals surface area contributed by atoms with Crippen LogP contribution in [0.3, 0.4) is 0 Å². The van der Waals surface area contributed by atoms with Gasteiger partial charge in [-0.05, 0) is 42.4 Å². The molecule has 0 aromatic heterocycles. The molecule has 0 bridgehead atoms. The summed E-state index contributed by atoms with van der Waals surface area (Å²) in [5, 5.41) is 6.37. The Labute approximate surface area is 125 Å². The third-order valence-corrected chi connectivity index (χ3v) is 4.42. The minimum atomic E-state index is -0.0731. The second-order valence-electron chi connectivity index (χ2n) is 5.25. The fraction of sp³-hybridized carbons (Fsp3) is 0.562. The zero-order chi connectivity index (χ0) is 14.2. The minimum Gasteiger partial charge on any atom is -0.355 e. The quantitative estimate of drug-likeness (QED) is 0.758. The number of unbranched alkanes of at least 4 members (excludes halogenated alkanes) is 2. The number of rotatable bonds is 7. The van der Waals surface area contributed by atoms with Gasteiger partial charge in [0.25, 0.3) is 0 Å². The molecule has 4 heteroatoms. The monoisotopic (exact) mass is 292 g/mol. The molecule has 3 nitrogen and oxygen atoms in total. The molecule has 0 spiro atoms. The highest BCUT2D eigenvalue weighted by molar-refractivity contribution is 7.98. The molecule has 1 aromatic carbocycles. The molecule has 2 rings (SSSR count). The van der Waals surface area contributed by atoms with Gasteiger partial charge in [-0.1, -0.05) is 30.7 Å². The van der Waals surface area contributed by atoms with Crippen molar-refractivity contribution in [2.75, 3.05) is 18.6 Å². The summed E-state index contributed by atoms with van der Waals surface area (Å²) < 4.78 is 0. The van der Waals surface area contributed by atoms with Crippen LogP contribution in [0.5, 0.6) is 0 Å². The molecule has 1 aromatic rings. The third kappa shape index (κ3) is 4.53. The van der Waals surface area contributed by atoms with Crippen LogP contribution in [0.1, 0.15) is 30.4 Å². The van der Waals surface area contributed by atoms with Crippen LogP contribution in [-0.2, 0) is 17.8 Å². The van der Waals surface area contributed by atoms with E-state index in [0.717, 1.165) is 25.9 Å². The Morgan fingerprint density at radius 1 is 1.30 bits per heavy atom. The largest absolute Gasteiger partial charge is 0.355 e. The number of amides is 1. The molecule has 1 amide bonds. The maximum absolute atomic E-state index is 12.1. The summed E-state index contributed by atoms with van der Waals surface area (Å²) in [5.41, 5.74) is 2.61. The van der Waals surface area contributed by atoms with Gasteiger partial charge < -0.3 is 10.6 Å². The van der Waals surface area contributed by atoms with Gasteiger partial charge in [0.05, 0.1) is 6.04 Å². The third-order valence-electron chi connectivity index (χ3n) is 3.72. The second kappa shape index (κ2) is 8.32. The molecule has 1 aliphatic rings. The van der Waals surface area contributed by atoms with Gasteiger partial charge in [0.1, 0.15) is 0 Å². The Balaban J connectivity index is 1.69. The zero-order valence-corrected chi connectivity index (χ0v) is 13.0. The molecule has 2 N–H and O–H groups in total. The maximum Gasteiger partial charge on any atom is 0.237 e. The SMILES string of the molecule is CSCCCCCNC(=O)C1Cc2ccccc2CN1. The van der Waals surface area contributed by atoms with Crippen molar-refractivity contribution < 1.29 is 4.79 Å². The summed E-state index contributed by atoms with van der Waals surface area (Å²) in [5.74, 6) is 1.36. The number of benzene rings is 1. The minimum absolute atomic E-state index is 0.0731. The number of carbonyl (C=O) groups is 1. The average molecular weight is 292 g/mol. The molecule has 0 aliphatic carbocycles. The zero-order valence-electron chi connectivity index (χ0n) is 12.2. The van der Waals surface area contributed by atoms with E-state index >= 15 is 0 Å². The van der Waals surface area contributed by atoms with E-state index in [1.165, 1.54) is 29.7 Å². The number of hydrogen-bond acceptors (Lipinski definition) is 3. The molecular formula is C16H24N2OS. The number of carbonyl (C=O) groups excluding carboxylic acids is 1. The van der Waals surface area contributed by atoms with Crippen molar-refractivity contribution in [1.82, 2.24) is 10.6 Å². The normalized spacial score (nSPS) is 17.6. The van der Waals surface area contributed by atoms with Gasteiger partial charge in [-0.25, -0.2) is 0 Å². The van der Waals surface area contributed by atoms with Gasteiger partial charge in [-0.15, -0.1) is 0 Å². The van der Waals surface area contributed by atoms with Gasteiger partial charge >= 0.3 is 0 Å². The lowest BCUT2D eigenvalue weighted by Crippen LogP contribution is -2.47. The van der Waals surface area contributed by atoms with E-state index in [-0.39, 0.29) is 11.9 Å². The van der Waals surface area contributed by atoms with Crippen LogP contribution in [-0.4, -0.2) is 30.5 Å². The Morgan fingerprint density at radius 2 is 2.10 bits per heavy atom. The van der Waals surface area contributed by atoms with Crippen molar-refractivity contribution in [2.24, 2.45) is 0 Å². The first-order valence-corrected chi connectivity index (χ1v) is 8.77. The molecule has 1 heterocycles. The molecule has 1 atom stereocenters. The Kier molecular flexibility index (Phi) is 6.40. The molecule has 0 fully saturated rings. The predicted octanol–water partition coefficient (Wildman–Crippen LogP) is 2.35. The maximum atomic E-state index is 12.1. The first kappa shape index (κ1) is 15.4. The predicted molar refractivity (Wildman–Crippen MR) is 86.0 cm³/mol.